The molecule has 4 nitrogen and oxygen atoms in total. The lowest BCUT2D eigenvalue weighted by molar-refractivity contribution is 0.174. The summed E-state index contributed by atoms with van der Waals surface area (Å²) in [5.41, 5.74) is 8.82. The number of hydrogen-bond acceptors (Lipinski definition) is 4. The fraction of sp³-hybridized carbons (Fsp3) is 0.111. The molecular formula is C18H15NO3. The van der Waals surface area contributed by atoms with Crippen molar-refractivity contribution in [2.24, 2.45) is 0 Å². The fourth-order valence-electron chi connectivity index (χ4n) is 2.73. The molecular weight excluding hydrogens is 278 g/mol. The van der Waals surface area contributed by atoms with Crippen molar-refractivity contribution in [2.45, 2.75) is 0 Å². The second kappa shape index (κ2) is 4.84. The van der Waals surface area contributed by atoms with Gasteiger partial charge in [0, 0.05) is 17.3 Å². The predicted octanol–water partition coefficient (Wildman–Crippen LogP) is 3.83. The zero-order chi connectivity index (χ0) is 15.1. The van der Waals surface area contributed by atoms with Crippen molar-refractivity contribution in [3.05, 3.63) is 48.5 Å². The van der Waals surface area contributed by atoms with Crippen molar-refractivity contribution in [1.29, 1.82) is 0 Å². The van der Waals surface area contributed by atoms with Gasteiger partial charge in [0.1, 0.15) is 5.75 Å². The Balaban J connectivity index is 1.87. The minimum atomic E-state index is 0.243. The van der Waals surface area contributed by atoms with E-state index in [2.05, 4.69) is 18.2 Å². The Labute approximate surface area is 128 Å². The Bertz CT molecular complexity index is 874. The zero-order valence-electron chi connectivity index (χ0n) is 12.1. The van der Waals surface area contributed by atoms with Crippen LogP contribution < -0.4 is 19.9 Å². The van der Waals surface area contributed by atoms with E-state index in [1.54, 1.807) is 7.11 Å². The van der Waals surface area contributed by atoms with Gasteiger partial charge in [-0.15, -0.1) is 0 Å². The number of ether oxygens (including phenoxy) is 3. The predicted molar refractivity (Wildman–Crippen MR) is 86.5 cm³/mol. The summed E-state index contributed by atoms with van der Waals surface area (Å²) in [5.74, 6) is 2.27. The molecule has 1 heterocycles. The van der Waals surface area contributed by atoms with E-state index in [1.807, 2.05) is 30.3 Å². The second-order valence-electron chi connectivity index (χ2n) is 5.22. The van der Waals surface area contributed by atoms with E-state index in [1.165, 1.54) is 0 Å². The van der Waals surface area contributed by atoms with E-state index in [-0.39, 0.29) is 6.79 Å². The Morgan fingerprint density at radius 2 is 1.68 bits per heavy atom. The average molecular weight is 293 g/mol. The van der Waals surface area contributed by atoms with Crippen LogP contribution in [0.2, 0.25) is 0 Å². The van der Waals surface area contributed by atoms with Crippen LogP contribution >= 0.6 is 0 Å². The van der Waals surface area contributed by atoms with E-state index < -0.39 is 0 Å². The van der Waals surface area contributed by atoms with Gasteiger partial charge in [0.25, 0.3) is 0 Å². The normalized spacial score (nSPS) is 12.6. The molecule has 0 bridgehead atoms. The molecule has 0 fully saturated rings. The number of nitrogen functional groups attached to an aromatic ring is 1. The molecule has 0 aliphatic carbocycles. The van der Waals surface area contributed by atoms with Crippen molar-refractivity contribution in [3.8, 4) is 28.4 Å². The molecule has 22 heavy (non-hydrogen) atoms. The summed E-state index contributed by atoms with van der Waals surface area (Å²) in [6.45, 7) is 0.243. The van der Waals surface area contributed by atoms with Gasteiger partial charge in [-0.3, -0.25) is 0 Å². The molecule has 2 N–H and O–H groups in total. The van der Waals surface area contributed by atoms with E-state index in [4.69, 9.17) is 19.9 Å². The molecule has 1 aliphatic rings. The monoisotopic (exact) mass is 293 g/mol. The van der Waals surface area contributed by atoms with Crippen LogP contribution in [0, 0.1) is 0 Å². The van der Waals surface area contributed by atoms with Crippen LogP contribution in [-0.2, 0) is 0 Å². The maximum atomic E-state index is 6.17. The Morgan fingerprint density at radius 3 is 2.50 bits per heavy atom. The highest BCUT2D eigenvalue weighted by Gasteiger charge is 2.17. The van der Waals surface area contributed by atoms with Crippen molar-refractivity contribution >= 4 is 16.5 Å². The molecule has 0 amide bonds. The molecule has 0 spiro atoms. The summed E-state index contributed by atoms with van der Waals surface area (Å²) >= 11 is 0. The van der Waals surface area contributed by atoms with Crippen LogP contribution in [0.15, 0.2) is 48.5 Å². The minimum Gasteiger partial charge on any atom is -0.497 e. The van der Waals surface area contributed by atoms with E-state index >= 15 is 0 Å². The molecule has 0 atom stereocenters. The van der Waals surface area contributed by atoms with Crippen molar-refractivity contribution < 1.29 is 14.2 Å². The fourth-order valence-corrected chi connectivity index (χ4v) is 2.73. The second-order valence-corrected chi connectivity index (χ2v) is 5.22. The average Bonchev–Trinajstić information content (AvgIpc) is 3.00. The summed E-state index contributed by atoms with van der Waals surface area (Å²) in [7, 11) is 1.67. The number of anilines is 1. The zero-order valence-corrected chi connectivity index (χ0v) is 12.1. The highest BCUT2D eigenvalue weighted by molar-refractivity contribution is 5.91. The molecule has 0 saturated carbocycles. The van der Waals surface area contributed by atoms with Gasteiger partial charge in [-0.2, -0.15) is 0 Å². The molecule has 110 valence electrons. The lowest BCUT2D eigenvalue weighted by Crippen LogP contribution is -1.92. The van der Waals surface area contributed by atoms with Crippen LogP contribution in [0.5, 0.6) is 17.2 Å². The van der Waals surface area contributed by atoms with Crippen LogP contribution in [-0.4, -0.2) is 13.9 Å². The van der Waals surface area contributed by atoms with Gasteiger partial charge in [-0.25, -0.2) is 0 Å². The lowest BCUT2D eigenvalue weighted by atomic mass is 9.99. The smallest absolute Gasteiger partial charge is 0.231 e. The first-order chi connectivity index (χ1) is 10.7. The quantitative estimate of drug-likeness (QED) is 0.730. The van der Waals surface area contributed by atoms with Gasteiger partial charge in [0.05, 0.1) is 7.11 Å². The van der Waals surface area contributed by atoms with Crippen LogP contribution in [0.25, 0.3) is 21.9 Å². The van der Waals surface area contributed by atoms with Crippen LogP contribution in [0.4, 0.5) is 5.69 Å². The molecule has 0 unspecified atom stereocenters. The maximum Gasteiger partial charge on any atom is 0.231 e. The Kier molecular flexibility index (Phi) is 2.82. The summed E-state index contributed by atoms with van der Waals surface area (Å²) in [4.78, 5) is 0. The van der Waals surface area contributed by atoms with Crippen LogP contribution in [0.3, 0.4) is 0 Å². The standard InChI is InChI=1S/C18H15NO3/c1-20-14-5-4-11-2-3-12(6-13(11)7-14)15-8-17-18(9-16(15)19)22-10-21-17/h2-9H,10,19H2,1H3. The Hall–Kier alpha value is -2.88. The SMILES string of the molecule is COc1ccc2ccc(-c3cc4c(cc3N)OCO4)cc2c1. The third-order valence-electron chi connectivity index (χ3n) is 3.90. The summed E-state index contributed by atoms with van der Waals surface area (Å²) in [6.07, 6.45) is 0. The minimum absolute atomic E-state index is 0.243. The molecule has 0 radical (unpaired) electrons. The highest BCUT2D eigenvalue weighted by Crippen LogP contribution is 2.40. The third-order valence-corrected chi connectivity index (χ3v) is 3.90. The van der Waals surface area contributed by atoms with E-state index in [0.717, 1.165) is 33.4 Å². The molecule has 4 rings (SSSR count). The number of benzene rings is 3. The number of fused-ring (bicyclic) bond motifs is 2. The van der Waals surface area contributed by atoms with Gasteiger partial charge < -0.3 is 19.9 Å². The first-order valence-electron chi connectivity index (χ1n) is 7.02. The van der Waals surface area contributed by atoms with E-state index in [9.17, 15) is 0 Å². The first kappa shape index (κ1) is 12.8. The third kappa shape index (κ3) is 2.00. The number of rotatable bonds is 2. The number of methoxy groups -OCH3 is 1. The number of hydrogen-bond donors (Lipinski definition) is 1. The molecule has 4 heteroatoms. The lowest BCUT2D eigenvalue weighted by Gasteiger charge is -2.09. The van der Waals surface area contributed by atoms with Gasteiger partial charge in [0.15, 0.2) is 11.5 Å². The van der Waals surface area contributed by atoms with Gasteiger partial charge in [-0.05, 0) is 40.6 Å². The molecule has 0 saturated heterocycles. The van der Waals surface area contributed by atoms with E-state index in [0.29, 0.717) is 11.4 Å². The molecule has 0 aromatic heterocycles. The van der Waals surface area contributed by atoms with Crippen molar-refractivity contribution in [3.63, 3.8) is 0 Å². The Morgan fingerprint density at radius 1 is 0.909 bits per heavy atom. The molecule has 1 aliphatic heterocycles. The van der Waals surface area contributed by atoms with Crippen molar-refractivity contribution in [1.82, 2.24) is 0 Å². The first-order valence-corrected chi connectivity index (χ1v) is 7.02. The molecule has 3 aromatic carbocycles. The van der Waals surface area contributed by atoms with Crippen LogP contribution in [0.1, 0.15) is 0 Å². The summed E-state index contributed by atoms with van der Waals surface area (Å²) < 4.78 is 16.1. The van der Waals surface area contributed by atoms with Crippen molar-refractivity contribution in [2.75, 3.05) is 19.6 Å². The largest absolute Gasteiger partial charge is 0.497 e. The molecule has 3 aromatic rings. The van der Waals surface area contributed by atoms with Gasteiger partial charge >= 0.3 is 0 Å². The number of nitrogens with two attached hydrogens (primary N) is 1. The topological polar surface area (TPSA) is 53.7 Å². The van der Waals surface area contributed by atoms with Gasteiger partial charge in [0.2, 0.25) is 6.79 Å². The summed E-state index contributed by atoms with van der Waals surface area (Å²) in [5, 5.41) is 2.26. The summed E-state index contributed by atoms with van der Waals surface area (Å²) in [6, 6.07) is 16.0. The highest BCUT2D eigenvalue weighted by atomic mass is 16.7. The maximum absolute atomic E-state index is 6.17. The van der Waals surface area contributed by atoms with Gasteiger partial charge in [-0.1, -0.05) is 18.2 Å².